The van der Waals surface area contributed by atoms with Crippen molar-refractivity contribution < 1.29 is 13.0 Å². The number of hydrogen-bond donors (Lipinski definition) is 0. The molecule has 0 saturated carbocycles. The summed E-state index contributed by atoms with van der Waals surface area (Å²) in [5.74, 6) is 0. The fraction of sp³-hybridized carbons (Fsp3) is 0.600. The molecule has 2 aliphatic rings. The summed E-state index contributed by atoms with van der Waals surface area (Å²) in [5.41, 5.74) is 0. The van der Waals surface area contributed by atoms with E-state index in [2.05, 4.69) is 24.3 Å². The smallest absolute Gasteiger partial charge is 0.336 e. The molecular formula is C10H18O3Si2. The highest BCUT2D eigenvalue weighted by molar-refractivity contribution is 6.82. The van der Waals surface area contributed by atoms with Crippen LogP contribution in [0.2, 0.25) is 24.2 Å². The Morgan fingerprint density at radius 2 is 1.07 bits per heavy atom. The van der Waals surface area contributed by atoms with E-state index in [1.807, 2.05) is 0 Å². The Kier molecular flexibility index (Phi) is 3.27. The van der Waals surface area contributed by atoms with Gasteiger partial charge in [-0.15, -0.1) is 0 Å². The van der Waals surface area contributed by atoms with Gasteiger partial charge in [0.1, 0.15) is 0 Å². The second kappa shape index (κ2) is 4.35. The van der Waals surface area contributed by atoms with Crippen molar-refractivity contribution in [3.8, 4) is 0 Å². The number of hydrogen-bond acceptors (Lipinski definition) is 3. The van der Waals surface area contributed by atoms with Crippen LogP contribution in [0.4, 0.5) is 0 Å². The van der Waals surface area contributed by atoms with Gasteiger partial charge in [0, 0.05) is 38.4 Å². The van der Waals surface area contributed by atoms with Gasteiger partial charge in [-0.2, -0.15) is 0 Å². The van der Waals surface area contributed by atoms with Gasteiger partial charge in [-0.1, -0.05) is 24.3 Å². The topological polar surface area (TPSA) is 27.7 Å². The minimum Gasteiger partial charge on any atom is -0.414 e. The summed E-state index contributed by atoms with van der Waals surface area (Å²) >= 11 is 0. The molecule has 0 atom stereocenters. The molecule has 84 valence electrons. The van der Waals surface area contributed by atoms with Crippen molar-refractivity contribution in [2.75, 3.05) is 14.2 Å². The summed E-state index contributed by atoms with van der Waals surface area (Å²) in [5, 5.41) is 0. The molecule has 0 unspecified atom stereocenters. The lowest BCUT2D eigenvalue weighted by Crippen LogP contribution is -2.51. The molecule has 0 fully saturated rings. The maximum atomic E-state index is 6.35. The fourth-order valence-corrected chi connectivity index (χ4v) is 9.96. The van der Waals surface area contributed by atoms with E-state index in [0.29, 0.717) is 0 Å². The monoisotopic (exact) mass is 242 g/mol. The molecule has 0 aliphatic carbocycles. The Morgan fingerprint density at radius 3 is 1.33 bits per heavy atom. The van der Waals surface area contributed by atoms with Gasteiger partial charge >= 0.3 is 17.1 Å². The average Bonchev–Trinajstić information content (AvgIpc) is 2.89. The minimum atomic E-state index is -1.98. The maximum absolute atomic E-state index is 6.35. The molecule has 2 aliphatic heterocycles. The third-order valence-corrected chi connectivity index (χ3v) is 11.1. The van der Waals surface area contributed by atoms with Gasteiger partial charge < -0.3 is 13.0 Å². The van der Waals surface area contributed by atoms with Crippen LogP contribution in [0.5, 0.6) is 0 Å². The molecule has 5 heteroatoms. The SMILES string of the molecule is CO[Si]1(O[Si]2(OC)CC=CC2)CC=CC1. The number of rotatable bonds is 4. The molecule has 0 saturated heterocycles. The highest BCUT2D eigenvalue weighted by Crippen LogP contribution is 2.35. The Hall–Kier alpha value is -0.206. The Morgan fingerprint density at radius 1 is 0.733 bits per heavy atom. The molecule has 0 spiro atoms. The Balaban J connectivity index is 2.05. The normalized spacial score (nSPS) is 26.3. The summed E-state index contributed by atoms with van der Waals surface area (Å²) in [6, 6.07) is 3.90. The molecule has 2 heterocycles. The zero-order chi connectivity index (χ0) is 10.8. The van der Waals surface area contributed by atoms with Gasteiger partial charge in [0.15, 0.2) is 0 Å². The first-order valence-corrected chi connectivity index (χ1v) is 9.81. The quantitative estimate of drug-likeness (QED) is 0.559. The van der Waals surface area contributed by atoms with Crippen molar-refractivity contribution in [3.05, 3.63) is 24.3 Å². The van der Waals surface area contributed by atoms with Gasteiger partial charge in [-0.25, -0.2) is 0 Å². The van der Waals surface area contributed by atoms with E-state index in [9.17, 15) is 0 Å². The molecule has 0 bridgehead atoms. The first kappa shape index (κ1) is 11.3. The van der Waals surface area contributed by atoms with Crippen LogP contribution in [-0.2, 0) is 13.0 Å². The van der Waals surface area contributed by atoms with Gasteiger partial charge in [0.2, 0.25) is 0 Å². The van der Waals surface area contributed by atoms with E-state index in [1.165, 1.54) is 0 Å². The first-order valence-electron chi connectivity index (χ1n) is 5.35. The van der Waals surface area contributed by atoms with Gasteiger partial charge in [-0.05, 0) is 0 Å². The third-order valence-electron chi connectivity index (χ3n) is 3.16. The van der Waals surface area contributed by atoms with E-state index in [-0.39, 0.29) is 0 Å². The lowest BCUT2D eigenvalue weighted by molar-refractivity contribution is 0.242. The molecule has 0 aromatic carbocycles. The molecule has 0 aromatic heterocycles. The summed E-state index contributed by atoms with van der Waals surface area (Å²) in [6.45, 7) is 0. The molecule has 0 radical (unpaired) electrons. The average molecular weight is 242 g/mol. The van der Waals surface area contributed by atoms with Crippen molar-refractivity contribution in [2.24, 2.45) is 0 Å². The molecule has 2 rings (SSSR count). The largest absolute Gasteiger partial charge is 0.414 e. The molecule has 15 heavy (non-hydrogen) atoms. The minimum absolute atomic E-state index is 0.974. The highest BCUT2D eigenvalue weighted by atomic mass is 28.5. The van der Waals surface area contributed by atoms with Crippen molar-refractivity contribution in [1.82, 2.24) is 0 Å². The van der Waals surface area contributed by atoms with Gasteiger partial charge in [-0.3, -0.25) is 0 Å². The Bertz CT molecular complexity index is 244. The zero-order valence-corrected chi connectivity index (χ0v) is 11.4. The van der Waals surface area contributed by atoms with E-state index in [0.717, 1.165) is 24.2 Å². The molecule has 0 amide bonds. The predicted octanol–water partition coefficient (Wildman–Crippen LogP) is 2.32. The summed E-state index contributed by atoms with van der Waals surface area (Å²) in [4.78, 5) is 0. The van der Waals surface area contributed by atoms with Gasteiger partial charge in [0.25, 0.3) is 0 Å². The molecule has 0 N–H and O–H groups in total. The van der Waals surface area contributed by atoms with Crippen LogP contribution in [0.25, 0.3) is 0 Å². The second-order valence-corrected chi connectivity index (χ2v) is 11.0. The van der Waals surface area contributed by atoms with Crippen LogP contribution in [0.15, 0.2) is 24.3 Å². The van der Waals surface area contributed by atoms with Crippen LogP contribution in [-0.4, -0.2) is 31.3 Å². The van der Waals surface area contributed by atoms with Crippen molar-refractivity contribution >= 4 is 17.1 Å². The summed E-state index contributed by atoms with van der Waals surface area (Å²) in [7, 11) is -0.404. The first-order chi connectivity index (χ1) is 7.24. The predicted molar refractivity (Wildman–Crippen MR) is 64.1 cm³/mol. The van der Waals surface area contributed by atoms with Crippen molar-refractivity contribution in [2.45, 2.75) is 24.2 Å². The maximum Gasteiger partial charge on any atom is 0.336 e. The van der Waals surface area contributed by atoms with Gasteiger partial charge in [0.05, 0.1) is 0 Å². The lowest BCUT2D eigenvalue weighted by atomic mass is 10.6. The van der Waals surface area contributed by atoms with E-state index >= 15 is 0 Å². The third kappa shape index (κ3) is 2.16. The molecule has 3 nitrogen and oxygen atoms in total. The van der Waals surface area contributed by atoms with E-state index in [1.54, 1.807) is 14.2 Å². The lowest BCUT2D eigenvalue weighted by Gasteiger charge is -2.34. The van der Waals surface area contributed by atoms with Crippen LogP contribution >= 0.6 is 0 Å². The summed E-state index contributed by atoms with van der Waals surface area (Å²) < 4.78 is 17.7. The van der Waals surface area contributed by atoms with Crippen molar-refractivity contribution in [3.63, 3.8) is 0 Å². The standard InChI is InChI=1S/C10H18O3Si2/c1-11-14(7-3-4-8-14)13-15(12-2)9-5-6-10-15/h3-6H,7-10H2,1-2H3. The highest BCUT2D eigenvalue weighted by Gasteiger charge is 2.48. The molecule has 0 aromatic rings. The van der Waals surface area contributed by atoms with Crippen LogP contribution in [0.1, 0.15) is 0 Å². The zero-order valence-electron chi connectivity index (χ0n) is 9.36. The fourth-order valence-electron chi connectivity index (χ4n) is 2.14. The van der Waals surface area contributed by atoms with E-state index < -0.39 is 17.1 Å². The van der Waals surface area contributed by atoms with Crippen LogP contribution in [0, 0.1) is 0 Å². The number of allylic oxidation sites excluding steroid dienone is 4. The summed E-state index contributed by atoms with van der Waals surface area (Å²) in [6.07, 6.45) is 8.71. The second-order valence-electron chi connectivity index (χ2n) is 4.09. The Labute approximate surface area is 93.2 Å². The van der Waals surface area contributed by atoms with Crippen LogP contribution in [0.3, 0.4) is 0 Å². The van der Waals surface area contributed by atoms with Crippen LogP contribution < -0.4 is 0 Å². The molecular weight excluding hydrogens is 224 g/mol. The van der Waals surface area contributed by atoms with E-state index in [4.69, 9.17) is 13.0 Å². The van der Waals surface area contributed by atoms with Crippen molar-refractivity contribution in [1.29, 1.82) is 0 Å².